The minimum Gasteiger partial charge on any atom is -0.384 e. The van der Waals surface area contributed by atoms with Crippen molar-refractivity contribution in [1.82, 2.24) is 9.97 Å². The molecule has 0 aliphatic carbocycles. The molecule has 0 saturated carbocycles. The molecule has 1 aromatic rings. The number of rotatable bonds is 3. The topological polar surface area (TPSA) is 64.3 Å². The lowest BCUT2D eigenvalue weighted by Gasteiger charge is -2.32. The van der Waals surface area contributed by atoms with E-state index in [2.05, 4.69) is 14.9 Å². The second kappa shape index (κ2) is 5.12. The molecule has 1 aliphatic rings. The first kappa shape index (κ1) is 11.1. The van der Waals surface area contributed by atoms with Crippen molar-refractivity contribution in [2.45, 2.75) is 12.8 Å². The van der Waals surface area contributed by atoms with Gasteiger partial charge in [-0.15, -0.1) is 0 Å². The van der Waals surface area contributed by atoms with Crippen LogP contribution in [0.15, 0.2) is 12.4 Å². The molecule has 2 heterocycles. The Kier molecular flexibility index (Phi) is 3.56. The number of hydrogen-bond donors (Lipinski definition) is 1. The van der Waals surface area contributed by atoms with E-state index in [-0.39, 0.29) is 0 Å². The van der Waals surface area contributed by atoms with E-state index in [1.165, 1.54) is 0 Å². The maximum absolute atomic E-state index is 5.51. The molecule has 0 aromatic carbocycles. The van der Waals surface area contributed by atoms with Gasteiger partial charge in [-0.1, -0.05) is 0 Å². The Bertz CT molecular complexity index is 319. The molecule has 0 atom stereocenters. The highest BCUT2D eigenvalue weighted by Gasteiger charge is 2.19. The quantitative estimate of drug-likeness (QED) is 0.824. The fourth-order valence-electron chi connectivity index (χ4n) is 2.06. The summed E-state index contributed by atoms with van der Waals surface area (Å²) in [5.41, 5.74) is 5.51. The fourth-order valence-corrected chi connectivity index (χ4v) is 2.06. The molecule has 2 N–H and O–H groups in total. The van der Waals surface area contributed by atoms with Gasteiger partial charge in [0, 0.05) is 26.8 Å². The summed E-state index contributed by atoms with van der Waals surface area (Å²) in [7, 11) is 1.76. The molecule has 1 saturated heterocycles. The summed E-state index contributed by atoms with van der Waals surface area (Å²) in [4.78, 5) is 10.6. The summed E-state index contributed by atoms with van der Waals surface area (Å²) < 4.78 is 5.17. The Morgan fingerprint density at radius 3 is 2.69 bits per heavy atom. The maximum Gasteiger partial charge on any atom is 0.147 e. The molecule has 16 heavy (non-hydrogen) atoms. The lowest BCUT2D eigenvalue weighted by atomic mass is 9.98. The van der Waals surface area contributed by atoms with Gasteiger partial charge in [0.1, 0.15) is 11.6 Å². The number of piperidine rings is 1. The van der Waals surface area contributed by atoms with Crippen molar-refractivity contribution in [2.75, 3.05) is 37.4 Å². The van der Waals surface area contributed by atoms with Crippen LogP contribution in [0.1, 0.15) is 12.8 Å². The molecule has 1 aromatic heterocycles. The summed E-state index contributed by atoms with van der Waals surface area (Å²) in [6.07, 6.45) is 5.66. The van der Waals surface area contributed by atoms with Crippen LogP contribution in [0.25, 0.3) is 0 Å². The SMILES string of the molecule is COCC1CCN(c2cnc(N)cn2)CC1. The van der Waals surface area contributed by atoms with Crippen molar-refractivity contribution >= 4 is 11.6 Å². The minimum atomic E-state index is 0.470. The molecule has 0 amide bonds. The van der Waals surface area contributed by atoms with Crippen LogP contribution < -0.4 is 10.6 Å². The van der Waals surface area contributed by atoms with Crippen molar-refractivity contribution in [2.24, 2.45) is 5.92 Å². The maximum atomic E-state index is 5.51. The Morgan fingerprint density at radius 2 is 2.12 bits per heavy atom. The first-order chi connectivity index (χ1) is 7.79. The highest BCUT2D eigenvalue weighted by atomic mass is 16.5. The third-order valence-electron chi connectivity index (χ3n) is 3.00. The van der Waals surface area contributed by atoms with E-state index in [9.17, 15) is 0 Å². The van der Waals surface area contributed by atoms with E-state index in [0.717, 1.165) is 38.4 Å². The smallest absolute Gasteiger partial charge is 0.147 e. The minimum absolute atomic E-state index is 0.470. The molecular formula is C11H18N4O. The van der Waals surface area contributed by atoms with Crippen LogP contribution in [-0.2, 0) is 4.74 Å². The summed E-state index contributed by atoms with van der Waals surface area (Å²) in [6.45, 7) is 2.90. The highest BCUT2D eigenvalue weighted by molar-refractivity contribution is 5.39. The van der Waals surface area contributed by atoms with Gasteiger partial charge in [-0.05, 0) is 18.8 Å². The molecule has 2 rings (SSSR count). The number of nitrogens with two attached hydrogens (primary N) is 1. The average molecular weight is 222 g/mol. The molecule has 0 radical (unpaired) electrons. The molecule has 88 valence electrons. The van der Waals surface area contributed by atoms with Gasteiger partial charge in [0.25, 0.3) is 0 Å². The number of hydrogen-bond acceptors (Lipinski definition) is 5. The van der Waals surface area contributed by atoms with Crippen LogP contribution in [0.5, 0.6) is 0 Å². The monoisotopic (exact) mass is 222 g/mol. The van der Waals surface area contributed by atoms with Crippen LogP contribution in [-0.4, -0.2) is 36.8 Å². The van der Waals surface area contributed by atoms with E-state index >= 15 is 0 Å². The van der Waals surface area contributed by atoms with Gasteiger partial charge in [-0.25, -0.2) is 9.97 Å². The number of nitrogen functional groups attached to an aromatic ring is 1. The third kappa shape index (κ3) is 2.61. The van der Waals surface area contributed by atoms with E-state index in [1.54, 1.807) is 19.5 Å². The molecule has 0 bridgehead atoms. The van der Waals surface area contributed by atoms with Gasteiger partial charge in [0.05, 0.1) is 12.4 Å². The zero-order chi connectivity index (χ0) is 11.4. The molecule has 0 unspecified atom stereocenters. The fraction of sp³-hybridized carbons (Fsp3) is 0.636. The zero-order valence-electron chi connectivity index (χ0n) is 9.59. The number of aromatic nitrogens is 2. The number of methoxy groups -OCH3 is 1. The molecular weight excluding hydrogens is 204 g/mol. The van der Waals surface area contributed by atoms with Gasteiger partial charge in [-0.3, -0.25) is 0 Å². The first-order valence-electron chi connectivity index (χ1n) is 5.61. The molecule has 1 fully saturated rings. The summed E-state index contributed by atoms with van der Waals surface area (Å²) >= 11 is 0. The van der Waals surface area contributed by atoms with Crippen molar-refractivity contribution in [3.8, 4) is 0 Å². The van der Waals surface area contributed by atoms with Crippen molar-refractivity contribution in [1.29, 1.82) is 0 Å². The van der Waals surface area contributed by atoms with Crippen molar-refractivity contribution in [3.63, 3.8) is 0 Å². The summed E-state index contributed by atoms with van der Waals surface area (Å²) in [6, 6.07) is 0. The van der Waals surface area contributed by atoms with E-state index in [0.29, 0.717) is 11.7 Å². The Balaban J connectivity index is 1.91. The summed E-state index contributed by atoms with van der Waals surface area (Å²) in [5.74, 6) is 2.08. The molecule has 5 heteroatoms. The third-order valence-corrected chi connectivity index (χ3v) is 3.00. The number of anilines is 2. The normalized spacial score (nSPS) is 17.7. The average Bonchev–Trinajstić information content (AvgIpc) is 2.32. The van der Waals surface area contributed by atoms with Gasteiger partial charge in [0.15, 0.2) is 0 Å². The van der Waals surface area contributed by atoms with E-state index in [1.807, 2.05) is 0 Å². The molecule has 1 aliphatic heterocycles. The van der Waals surface area contributed by atoms with Crippen LogP contribution in [0.4, 0.5) is 11.6 Å². The highest BCUT2D eigenvalue weighted by Crippen LogP contribution is 2.21. The van der Waals surface area contributed by atoms with E-state index < -0.39 is 0 Å². The molecule has 5 nitrogen and oxygen atoms in total. The van der Waals surface area contributed by atoms with Crippen LogP contribution in [0, 0.1) is 5.92 Å². The number of nitrogens with zero attached hydrogens (tertiary/aromatic N) is 3. The zero-order valence-corrected chi connectivity index (χ0v) is 9.59. The lowest BCUT2D eigenvalue weighted by molar-refractivity contribution is 0.139. The second-order valence-corrected chi connectivity index (χ2v) is 4.19. The first-order valence-corrected chi connectivity index (χ1v) is 5.61. The Hall–Kier alpha value is -1.36. The van der Waals surface area contributed by atoms with Gasteiger partial charge in [-0.2, -0.15) is 0 Å². The second-order valence-electron chi connectivity index (χ2n) is 4.19. The van der Waals surface area contributed by atoms with Crippen molar-refractivity contribution in [3.05, 3.63) is 12.4 Å². The van der Waals surface area contributed by atoms with Gasteiger partial charge < -0.3 is 15.4 Å². The van der Waals surface area contributed by atoms with Crippen molar-refractivity contribution < 1.29 is 4.74 Å². The Labute approximate surface area is 95.6 Å². The van der Waals surface area contributed by atoms with Gasteiger partial charge in [0.2, 0.25) is 0 Å². The largest absolute Gasteiger partial charge is 0.384 e. The van der Waals surface area contributed by atoms with Crippen LogP contribution >= 0.6 is 0 Å². The van der Waals surface area contributed by atoms with Gasteiger partial charge >= 0.3 is 0 Å². The lowest BCUT2D eigenvalue weighted by Crippen LogP contribution is -2.35. The number of ether oxygens (including phenoxy) is 1. The Morgan fingerprint density at radius 1 is 1.38 bits per heavy atom. The van der Waals surface area contributed by atoms with Crippen LogP contribution in [0.3, 0.4) is 0 Å². The molecule has 0 spiro atoms. The predicted molar refractivity (Wildman–Crippen MR) is 63.3 cm³/mol. The summed E-state index contributed by atoms with van der Waals surface area (Å²) in [5, 5.41) is 0. The predicted octanol–water partition coefficient (Wildman–Crippen LogP) is 0.922. The van der Waals surface area contributed by atoms with E-state index in [4.69, 9.17) is 10.5 Å². The van der Waals surface area contributed by atoms with Crippen LogP contribution in [0.2, 0.25) is 0 Å². The standard InChI is InChI=1S/C11H18N4O/c1-16-8-9-2-4-15(5-3-9)11-7-13-10(12)6-14-11/h6-7,9H,2-5,8H2,1H3,(H2,12,13).